The van der Waals surface area contributed by atoms with Crippen molar-refractivity contribution in [3.8, 4) is 0 Å². The fourth-order valence-electron chi connectivity index (χ4n) is 2.24. The van der Waals surface area contributed by atoms with Crippen LogP contribution in [0.3, 0.4) is 0 Å². The molecule has 0 aliphatic carbocycles. The van der Waals surface area contributed by atoms with E-state index in [0.29, 0.717) is 0 Å². The lowest BCUT2D eigenvalue weighted by atomic mass is 9.98. The third-order valence-corrected chi connectivity index (χ3v) is 4.72. The maximum atomic E-state index is 12.7. The summed E-state index contributed by atoms with van der Waals surface area (Å²) in [6.45, 7) is 1.98. The van der Waals surface area contributed by atoms with Gasteiger partial charge in [0.25, 0.3) is 0 Å². The van der Waals surface area contributed by atoms with Crippen LogP contribution in [-0.2, 0) is 0 Å². The molecule has 0 saturated carbocycles. The molecule has 0 saturated heterocycles. The SMILES string of the molecule is Cc1sc(Br)cc1C(=O)c1cccc2ccccc12. The molecule has 1 heterocycles. The molecular weight excluding hydrogens is 320 g/mol. The van der Waals surface area contributed by atoms with Gasteiger partial charge in [-0.2, -0.15) is 0 Å². The van der Waals surface area contributed by atoms with E-state index in [-0.39, 0.29) is 5.78 Å². The lowest BCUT2D eigenvalue weighted by Gasteiger charge is -2.05. The first-order valence-electron chi connectivity index (χ1n) is 5.95. The summed E-state index contributed by atoms with van der Waals surface area (Å²) in [5, 5.41) is 2.11. The van der Waals surface area contributed by atoms with Crippen molar-refractivity contribution < 1.29 is 4.79 Å². The normalized spacial score (nSPS) is 10.8. The van der Waals surface area contributed by atoms with Crippen LogP contribution in [0.4, 0.5) is 0 Å². The molecule has 3 heteroatoms. The van der Waals surface area contributed by atoms with Gasteiger partial charge >= 0.3 is 0 Å². The summed E-state index contributed by atoms with van der Waals surface area (Å²) in [6.07, 6.45) is 0. The summed E-state index contributed by atoms with van der Waals surface area (Å²) in [4.78, 5) is 13.7. The predicted molar refractivity (Wildman–Crippen MR) is 84.1 cm³/mol. The molecule has 19 heavy (non-hydrogen) atoms. The van der Waals surface area contributed by atoms with E-state index in [1.807, 2.05) is 55.5 Å². The lowest BCUT2D eigenvalue weighted by Crippen LogP contribution is -2.02. The summed E-state index contributed by atoms with van der Waals surface area (Å²) < 4.78 is 0.994. The van der Waals surface area contributed by atoms with Crippen LogP contribution in [0, 0.1) is 6.92 Å². The number of fused-ring (bicyclic) bond motifs is 1. The topological polar surface area (TPSA) is 17.1 Å². The Bertz CT molecular complexity index is 768. The molecule has 0 amide bonds. The first kappa shape index (κ1) is 12.6. The second-order valence-corrected chi connectivity index (χ2v) is 7.01. The molecule has 1 nitrogen and oxygen atoms in total. The zero-order valence-electron chi connectivity index (χ0n) is 10.3. The Hall–Kier alpha value is -1.45. The van der Waals surface area contributed by atoms with Gasteiger partial charge in [0.2, 0.25) is 0 Å². The van der Waals surface area contributed by atoms with Crippen LogP contribution in [0.15, 0.2) is 52.3 Å². The zero-order valence-corrected chi connectivity index (χ0v) is 12.7. The molecule has 0 fully saturated rings. The Morgan fingerprint density at radius 3 is 2.53 bits per heavy atom. The number of benzene rings is 2. The molecule has 0 aliphatic heterocycles. The zero-order chi connectivity index (χ0) is 13.4. The van der Waals surface area contributed by atoms with Crippen LogP contribution in [0.5, 0.6) is 0 Å². The Labute approximate surface area is 124 Å². The minimum atomic E-state index is 0.0938. The van der Waals surface area contributed by atoms with Crippen LogP contribution < -0.4 is 0 Å². The maximum absolute atomic E-state index is 12.7. The Balaban J connectivity index is 2.19. The Kier molecular flexibility index (Phi) is 3.25. The number of aryl methyl sites for hydroxylation is 1. The molecule has 2 aromatic carbocycles. The average Bonchev–Trinajstić information content (AvgIpc) is 2.76. The summed E-state index contributed by atoms with van der Waals surface area (Å²) in [7, 11) is 0. The number of ketones is 1. The second kappa shape index (κ2) is 4.91. The number of hydrogen-bond acceptors (Lipinski definition) is 2. The predicted octanol–water partition coefficient (Wildman–Crippen LogP) is 5.20. The third kappa shape index (κ3) is 2.24. The Morgan fingerprint density at radius 2 is 1.79 bits per heavy atom. The molecular formula is C16H11BrOS. The van der Waals surface area contributed by atoms with E-state index in [0.717, 1.165) is 30.6 Å². The summed E-state index contributed by atoms with van der Waals surface area (Å²) >= 11 is 5.03. The highest BCUT2D eigenvalue weighted by Gasteiger charge is 2.16. The largest absolute Gasteiger partial charge is 0.289 e. The molecule has 1 aromatic heterocycles. The quantitative estimate of drug-likeness (QED) is 0.590. The standard InChI is InChI=1S/C16H11BrOS/c1-10-14(9-15(17)19-10)16(18)13-8-4-6-11-5-2-3-7-12(11)13/h2-9H,1H3. The van der Waals surface area contributed by atoms with Crippen molar-refractivity contribution in [2.45, 2.75) is 6.92 Å². The van der Waals surface area contributed by atoms with Gasteiger partial charge in [0.15, 0.2) is 5.78 Å². The molecule has 94 valence electrons. The molecule has 0 aliphatic rings. The van der Waals surface area contributed by atoms with E-state index >= 15 is 0 Å². The van der Waals surface area contributed by atoms with Crippen molar-refractivity contribution in [2.24, 2.45) is 0 Å². The van der Waals surface area contributed by atoms with Crippen molar-refractivity contribution in [2.75, 3.05) is 0 Å². The van der Waals surface area contributed by atoms with Crippen molar-refractivity contribution >= 4 is 43.8 Å². The summed E-state index contributed by atoms with van der Waals surface area (Å²) in [5.41, 5.74) is 1.56. The minimum absolute atomic E-state index is 0.0938. The molecule has 0 unspecified atom stereocenters. The van der Waals surface area contributed by atoms with Crippen LogP contribution in [0.1, 0.15) is 20.8 Å². The second-order valence-electron chi connectivity index (χ2n) is 4.38. The molecule has 0 bridgehead atoms. The van der Waals surface area contributed by atoms with Crippen molar-refractivity contribution in [3.05, 3.63) is 68.3 Å². The third-order valence-electron chi connectivity index (χ3n) is 3.17. The van der Waals surface area contributed by atoms with Gasteiger partial charge in [-0.05, 0) is 39.7 Å². The van der Waals surface area contributed by atoms with Gasteiger partial charge in [0.05, 0.1) is 3.79 Å². The van der Waals surface area contributed by atoms with Crippen LogP contribution in [0.25, 0.3) is 10.8 Å². The smallest absolute Gasteiger partial charge is 0.194 e. The number of rotatable bonds is 2. The first-order valence-corrected chi connectivity index (χ1v) is 7.56. The van der Waals surface area contributed by atoms with E-state index < -0.39 is 0 Å². The number of thiophene rings is 1. The molecule has 3 aromatic rings. The van der Waals surface area contributed by atoms with E-state index in [1.54, 1.807) is 11.3 Å². The molecule has 3 rings (SSSR count). The number of carbonyl (C=O) groups excluding carboxylic acids is 1. The van der Waals surface area contributed by atoms with Crippen molar-refractivity contribution in [1.29, 1.82) is 0 Å². The fourth-order valence-corrected chi connectivity index (χ4v) is 3.93. The first-order chi connectivity index (χ1) is 9.16. The monoisotopic (exact) mass is 330 g/mol. The average molecular weight is 331 g/mol. The highest BCUT2D eigenvalue weighted by atomic mass is 79.9. The van der Waals surface area contributed by atoms with Crippen LogP contribution >= 0.6 is 27.3 Å². The molecule has 0 radical (unpaired) electrons. The van der Waals surface area contributed by atoms with E-state index in [9.17, 15) is 4.79 Å². The van der Waals surface area contributed by atoms with Gasteiger partial charge in [-0.3, -0.25) is 4.79 Å². The lowest BCUT2D eigenvalue weighted by molar-refractivity contribution is 0.104. The van der Waals surface area contributed by atoms with E-state index in [1.165, 1.54) is 0 Å². The van der Waals surface area contributed by atoms with Gasteiger partial charge in [-0.1, -0.05) is 42.5 Å². The van der Waals surface area contributed by atoms with E-state index in [2.05, 4.69) is 15.9 Å². The highest BCUT2D eigenvalue weighted by molar-refractivity contribution is 9.11. The summed E-state index contributed by atoms with van der Waals surface area (Å²) in [6, 6.07) is 15.8. The van der Waals surface area contributed by atoms with Crippen LogP contribution in [0.2, 0.25) is 0 Å². The van der Waals surface area contributed by atoms with Gasteiger partial charge in [0, 0.05) is 16.0 Å². The maximum Gasteiger partial charge on any atom is 0.194 e. The highest BCUT2D eigenvalue weighted by Crippen LogP contribution is 2.29. The van der Waals surface area contributed by atoms with Gasteiger partial charge < -0.3 is 0 Å². The number of hydrogen-bond donors (Lipinski definition) is 0. The molecule has 0 spiro atoms. The van der Waals surface area contributed by atoms with Crippen molar-refractivity contribution in [1.82, 2.24) is 0 Å². The van der Waals surface area contributed by atoms with Gasteiger partial charge in [-0.25, -0.2) is 0 Å². The molecule has 0 N–H and O–H groups in total. The fraction of sp³-hybridized carbons (Fsp3) is 0.0625. The van der Waals surface area contributed by atoms with Gasteiger partial charge in [0.1, 0.15) is 0 Å². The number of halogens is 1. The Morgan fingerprint density at radius 1 is 1.05 bits per heavy atom. The van der Waals surface area contributed by atoms with Crippen LogP contribution in [-0.4, -0.2) is 5.78 Å². The van der Waals surface area contributed by atoms with Gasteiger partial charge in [-0.15, -0.1) is 11.3 Å². The minimum Gasteiger partial charge on any atom is -0.289 e. The number of carbonyl (C=O) groups is 1. The van der Waals surface area contributed by atoms with E-state index in [4.69, 9.17) is 0 Å². The summed E-state index contributed by atoms with van der Waals surface area (Å²) in [5.74, 6) is 0.0938. The van der Waals surface area contributed by atoms with Crippen molar-refractivity contribution in [3.63, 3.8) is 0 Å². The molecule has 0 atom stereocenters.